The summed E-state index contributed by atoms with van der Waals surface area (Å²) in [7, 11) is 0. The fourth-order valence-corrected chi connectivity index (χ4v) is 3.21. The largest absolute Gasteiger partial charge is 0.399 e. The molecule has 4 nitrogen and oxygen atoms in total. The topological polar surface area (TPSA) is 73.3 Å². The number of piperidine rings is 1. The van der Waals surface area contributed by atoms with Gasteiger partial charge in [-0.05, 0) is 48.7 Å². The fourth-order valence-electron chi connectivity index (χ4n) is 3.09. The molecule has 0 amide bonds. The van der Waals surface area contributed by atoms with Gasteiger partial charge in [-0.2, -0.15) is 5.26 Å². The van der Waals surface area contributed by atoms with E-state index in [-0.39, 0.29) is 0 Å². The predicted octanol–water partition coefficient (Wildman–Crippen LogP) is 3.28. The van der Waals surface area contributed by atoms with Crippen molar-refractivity contribution in [3.05, 3.63) is 58.6 Å². The Kier molecular flexibility index (Phi) is 4.16. The van der Waals surface area contributed by atoms with Gasteiger partial charge in [0.1, 0.15) is 6.07 Å². The lowest BCUT2D eigenvalue weighted by Crippen LogP contribution is -2.42. The number of anilines is 2. The van der Waals surface area contributed by atoms with Gasteiger partial charge in [0.05, 0.1) is 16.9 Å². The molecule has 2 aromatic rings. The number of nitrogens with two attached hydrogens (primary N) is 1. The highest BCUT2D eigenvalue weighted by Crippen LogP contribution is 2.36. The number of hydrogen-bond acceptors (Lipinski definition) is 4. The smallest absolute Gasteiger partial charge is 0.101 e. The van der Waals surface area contributed by atoms with Gasteiger partial charge in [-0.15, -0.1) is 0 Å². The van der Waals surface area contributed by atoms with E-state index in [1.807, 2.05) is 18.2 Å². The Hall–Kier alpha value is -2.22. The van der Waals surface area contributed by atoms with Gasteiger partial charge in [-0.3, -0.25) is 0 Å². The second-order valence-electron chi connectivity index (χ2n) is 5.91. The predicted molar refractivity (Wildman–Crippen MR) is 92.4 cm³/mol. The lowest BCUT2D eigenvalue weighted by Gasteiger charge is -2.40. The Morgan fingerprint density at radius 2 is 1.78 bits per heavy atom. The van der Waals surface area contributed by atoms with E-state index in [0.717, 1.165) is 11.3 Å². The number of halogens is 1. The summed E-state index contributed by atoms with van der Waals surface area (Å²) < 4.78 is 0. The van der Waals surface area contributed by atoms with Crippen LogP contribution in [-0.2, 0) is 5.60 Å². The number of aliphatic hydroxyl groups is 1. The van der Waals surface area contributed by atoms with Crippen molar-refractivity contribution in [1.29, 1.82) is 5.26 Å². The van der Waals surface area contributed by atoms with E-state index >= 15 is 0 Å². The average molecular weight is 328 g/mol. The van der Waals surface area contributed by atoms with Crippen LogP contribution in [0.3, 0.4) is 0 Å². The first-order valence-electron chi connectivity index (χ1n) is 7.55. The maximum atomic E-state index is 10.9. The van der Waals surface area contributed by atoms with E-state index in [9.17, 15) is 10.4 Å². The number of nitrogens with zero attached hydrogens (tertiary/aromatic N) is 2. The molecule has 0 unspecified atom stereocenters. The molecule has 0 saturated carbocycles. The average Bonchev–Trinajstić information content (AvgIpc) is 2.56. The van der Waals surface area contributed by atoms with E-state index in [2.05, 4.69) is 11.0 Å². The molecule has 1 saturated heterocycles. The minimum atomic E-state index is -0.846. The second kappa shape index (κ2) is 6.11. The molecule has 1 fully saturated rings. The van der Waals surface area contributed by atoms with Crippen LogP contribution in [0, 0.1) is 11.3 Å². The summed E-state index contributed by atoms with van der Waals surface area (Å²) in [5.41, 5.74) is 7.82. The Labute approximate surface area is 140 Å². The summed E-state index contributed by atoms with van der Waals surface area (Å²) >= 11 is 5.91. The van der Waals surface area contributed by atoms with Crippen LogP contribution in [0.25, 0.3) is 0 Å². The molecule has 0 aromatic heterocycles. The summed E-state index contributed by atoms with van der Waals surface area (Å²) in [6, 6.07) is 14.9. The summed E-state index contributed by atoms with van der Waals surface area (Å²) in [6.07, 6.45) is 1.20. The van der Waals surface area contributed by atoms with Gasteiger partial charge in [0.25, 0.3) is 0 Å². The van der Waals surface area contributed by atoms with Crippen molar-refractivity contribution in [2.24, 2.45) is 0 Å². The van der Waals surface area contributed by atoms with Gasteiger partial charge in [0.2, 0.25) is 0 Å². The Bertz CT molecular complexity index is 744. The van der Waals surface area contributed by atoms with Crippen molar-refractivity contribution in [2.45, 2.75) is 18.4 Å². The first-order valence-corrected chi connectivity index (χ1v) is 7.93. The molecular formula is C18H18ClN3O. The van der Waals surface area contributed by atoms with Crippen LogP contribution in [0.5, 0.6) is 0 Å². The highest BCUT2D eigenvalue weighted by molar-refractivity contribution is 6.30. The highest BCUT2D eigenvalue weighted by atomic mass is 35.5. The fraction of sp³-hybridized carbons (Fsp3) is 0.278. The number of hydrogen-bond donors (Lipinski definition) is 2. The van der Waals surface area contributed by atoms with Crippen LogP contribution in [0.1, 0.15) is 24.0 Å². The molecule has 0 radical (unpaired) electrons. The first kappa shape index (κ1) is 15.7. The van der Waals surface area contributed by atoms with Crippen LogP contribution in [0.15, 0.2) is 42.5 Å². The van der Waals surface area contributed by atoms with Gasteiger partial charge in [-0.1, -0.05) is 23.7 Å². The molecule has 0 spiro atoms. The van der Waals surface area contributed by atoms with Crippen LogP contribution in [0.4, 0.5) is 11.4 Å². The zero-order valence-electron chi connectivity index (χ0n) is 12.7. The maximum absolute atomic E-state index is 10.9. The number of rotatable bonds is 2. The molecule has 0 atom stereocenters. The molecule has 23 heavy (non-hydrogen) atoms. The van der Waals surface area contributed by atoms with Crippen LogP contribution in [0.2, 0.25) is 5.02 Å². The molecule has 0 aliphatic carbocycles. The zero-order chi connectivity index (χ0) is 16.4. The van der Waals surface area contributed by atoms with Gasteiger partial charge in [-0.25, -0.2) is 0 Å². The molecule has 1 aliphatic rings. The summed E-state index contributed by atoms with van der Waals surface area (Å²) in [4.78, 5) is 2.13. The molecule has 118 valence electrons. The van der Waals surface area contributed by atoms with Gasteiger partial charge in [0.15, 0.2) is 0 Å². The van der Waals surface area contributed by atoms with E-state index in [1.165, 1.54) is 0 Å². The zero-order valence-corrected chi connectivity index (χ0v) is 13.4. The third kappa shape index (κ3) is 3.12. The summed E-state index contributed by atoms with van der Waals surface area (Å²) in [6.45, 7) is 1.36. The molecule has 1 heterocycles. The van der Waals surface area contributed by atoms with Crippen molar-refractivity contribution in [1.82, 2.24) is 0 Å². The Morgan fingerprint density at radius 1 is 1.13 bits per heavy atom. The highest BCUT2D eigenvalue weighted by Gasteiger charge is 2.34. The van der Waals surface area contributed by atoms with Crippen LogP contribution in [-0.4, -0.2) is 18.2 Å². The molecule has 0 bridgehead atoms. The number of benzene rings is 2. The maximum Gasteiger partial charge on any atom is 0.101 e. The summed E-state index contributed by atoms with van der Waals surface area (Å²) in [5, 5.41) is 20.9. The van der Waals surface area contributed by atoms with E-state index in [1.54, 1.807) is 24.3 Å². The van der Waals surface area contributed by atoms with Crippen LogP contribution < -0.4 is 10.6 Å². The first-order chi connectivity index (χ1) is 11.0. The Balaban J connectivity index is 1.78. The van der Waals surface area contributed by atoms with Gasteiger partial charge >= 0.3 is 0 Å². The van der Waals surface area contributed by atoms with Crippen molar-refractivity contribution in [3.8, 4) is 6.07 Å². The monoisotopic (exact) mass is 327 g/mol. The van der Waals surface area contributed by atoms with Crippen molar-refractivity contribution >= 4 is 23.0 Å². The molecule has 3 rings (SSSR count). The van der Waals surface area contributed by atoms with E-state index in [4.69, 9.17) is 17.3 Å². The van der Waals surface area contributed by atoms with Crippen LogP contribution >= 0.6 is 11.6 Å². The standard InChI is InChI=1S/C18H18ClN3O/c19-15-3-1-14(2-4-15)18(23)7-9-22(10-8-18)17-6-5-16(21)11-13(17)12-20/h1-6,11,23H,7-10,21H2. The normalized spacial score (nSPS) is 16.8. The minimum Gasteiger partial charge on any atom is -0.399 e. The quantitative estimate of drug-likeness (QED) is 0.830. The molecule has 3 N–H and O–H groups in total. The molecular weight excluding hydrogens is 310 g/mol. The lowest BCUT2D eigenvalue weighted by atomic mass is 9.84. The Morgan fingerprint density at radius 3 is 2.39 bits per heavy atom. The number of nitriles is 1. The van der Waals surface area contributed by atoms with E-state index < -0.39 is 5.60 Å². The van der Waals surface area contributed by atoms with Gasteiger partial charge < -0.3 is 15.7 Å². The van der Waals surface area contributed by atoms with Gasteiger partial charge in [0, 0.05) is 23.8 Å². The SMILES string of the molecule is N#Cc1cc(N)ccc1N1CCC(O)(c2ccc(Cl)cc2)CC1. The third-order valence-corrected chi connectivity index (χ3v) is 4.71. The van der Waals surface area contributed by atoms with Crippen molar-refractivity contribution in [2.75, 3.05) is 23.7 Å². The number of nitrogen functional groups attached to an aromatic ring is 1. The minimum absolute atomic E-state index is 0.571. The molecule has 5 heteroatoms. The van der Waals surface area contributed by atoms with E-state index in [0.29, 0.717) is 42.2 Å². The van der Waals surface area contributed by atoms with Crippen molar-refractivity contribution in [3.63, 3.8) is 0 Å². The molecule has 2 aromatic carbocycles. The van der Waals surface area contributed by atoms with Crippen molar-refractivity contribution < 1.29 is 5.11 Å². The lowest BCUT2D eigenvalue weighted by molar-refractivity contribution is 0.0118. The summed E-state index contributed by atoms with van der Waals surface area (Å²) in [5.74, 6) is 0. The second-order valence-corrected chi connectivity index (χ2v) is 6.35. The molecule has 1 aliphatic heterocycles. The third-order valence-electron chi connectivity index (χ3n) is 4.45.